The van der Waals surface area contributed by atoms with Gasteiger partial charge in [0.25, 0.3) is 0 Å². The van der Waals surface area contributed by atoms with Crippen LogP contribution in [0, 0.1) is 12.3 Å². The maximum absolute atomic E-state index is 4.81. The molecule has 0 spiro atoms. The molecule has 19 heavy (non-hydrogen) atoms. The van der Waals surface area contributed by atoms with Crippen LogP contribution in [0.5, 0.6) is 0 Å². The van der Waals surface area contributed by atoms with Gasteiger partial charge >= 0.3 is 0 Å². The van der Waals surface area contributed by atoms with E-state index in [1.54, 1.807) is 0 Å². The van der Waals surface area contributed by atoms with Crippen molar-refractivity contribution in [1.82, 2.24) is 14.6 Å². The quantitative estimate of drug-likeness (QED) is 0.919. The number of aryl methyl sites for hydroxylation is 1. The highest BCUT2D eigenvalue weighted by Gasteiger charge is 2.29. The molecule has 2 aromatic rings. The average molecular weight is 258 g/mol. The summed E-state index contributed by atoms with van der Waals surface area (Å²) in [4.78, 5) is 4.81. The number of rotatable bonds is 3. The van der Waals surface area contributed by atoms with E-state index in [0.29, 0.717) is 5.41 Å². The molecule has 4 heteroatoms. The Bertz CT molecular complexity index is 593. The summed E-state index contributed by atoms with van der Waals surface area (Å²) in [6.45, 7) is 4.46. The molecule has 2 heterocycles. The summed E-state index contributed by atoms with van der Waals surface area (Å²) in [5.41, 5.74) is 3.73. The lowest BCUT2D eigenvalue weighted by atomic mass is 9.84. The monoisotopic (exact) mass is 258 g/mol. The van der Waals surface area contributed by atoms with Gasteiger partial charge in [-0.05, 0) is 31.6 Å². The minimum atomic E-state index is 0.435. The number of aromatic nitrogens is 3. The Morgan fingerprint density at radius 3 is 2.79 bits per heavy atom. The summed E-state index contributed by atoms with van der Waals surface area (Å²) in [5, 5.41) is 7.59. The van der Waals surface area contributed by atoms with E-state index in [1.165, 1.54) is 31.4 Å². The fraction of sp³-hybridized carbons (Fsp3) is 0.600. The molecule has 0 bridgehead atoms. The Morgan fingerprint density at radius 1 is 1.37 bits per heavy atom. The highest BCUT2D eigenvalue weighted by Crippen LogP contribution is 2.40. The van der Waals surface area contributed by atoms with Gasteiger partial charge in [-0.25, -0.2) is 4.98 Å². The number of hydrogen-bond donors (Lipinski definition) is 1. The van der Waals surface area contributed by atoms with Gasteiger partial charge in [-0.2, -0.15) is 9.61 Å². The minimum absolute atomic E-state index is 0.435. The summed E-state index contributed by atoms with van der Waals surface area (Å²) >= 11 is 0. The molecule has 1 saturated carbocycles. The van der Waals surface area contributed by atoms with Gasteiger partial charge < -0.3 is 5.32 Å². The van der Waals surface area contributed by atoms with Crippen molar-refractivity contribution in [3.63, 3.8) is 0 Å². The van der Waals surface area contributed by atoms with Crippen molar-refractivity contribution in [2.24, 2.45) is 5.41 Å². The van der Waals surface area contributed by atoms with Gasteiger partial charge in [-0.1, -0.05) is 19.8 Å². The van der Waals surface area contributed by atoms with E-state index in [4.69, 9.17) is 4.98 Å². The van der Waals surface area contributed by atoms with Crippen LogP contribution in [0.3, 0.4) is 0 Å². The standard InChI is InChI=1S/C15H22N4/c1-11-10-17-19-13(16-3)8-12(18-14(11)19)9-15(2)6-4-5-7-15/h8,10,16H,4-7,9H2,1-3H3. The zero-order valence-corrected chi connectivity index (χ0v) is 12.0. The number of anilines is 1. The van der Waals surface area contributed by atoms with Gasteiger partial charge in [0.1, 0.15) is 5.82 Å². The third-order valence-corrected chi connectivity index (χ3v) is 4.38. The average Bonchev–Trinajstić information content (AvgIpc) is 2.96. The molecule has 0 amide bonds. The van der Waals surface area contributed by atoms with Crippen LogP contribution in [-0.2, 0) is 6.42 Å². The number of nitrogens with one attached hydrogen (secondary N) is 1. The summed E-state index contributed by atoms with van der Waals surface area (Å²) < 4.78 is 1.88. The van der Waals surface area contributed by atoms with E-state index in [-0.39, 0.29) is 0 Å². The third kappa shape index (κ3) is 2.20. The van der Waals surface area contributed by atoms with E-state index < -0.39 is 0 Å². The van der Waals surface area contributed by atoms with Gasteiger partial charge in [0.2, 0.25) is 0 Å². The highest BCUT2D eigenvalue weighted by atomic mass is 15.3. The molecule has 0 saturated heterocycles. The molecular formula is C15H22N4. The molecule has 0 radical (unpaired) electrons. The van der Waals surface area contributed by atoms with Crippen LogP contribution in [-0.4, -0.2) is 21.6 Å². The SMILES string of the molecule is CNc1cc(CC2(C)CCCC2)nc2c(C)cnn12. The fourth-order valence-corrected chi connectivity index (χ4v) is 3.23. The Morgan fingerprint density at radius 2 is 2.11 bits per heavy atom. The van der Waals surface area contributed by atoms with Crippen LogP contribution in [0.25, 0.3) is 5.65 Å². The Kier molecular flexibility index (Phi) is 2.96. The number of nitrogens with zero attached hydrogens (tertiary/aromatic N) is 3. The second-order valence-corrected chi connectivity index (χ2v) is 6.14. The molecule has 0 atom stereocenters. The fourth-order valence-electron chi connectivity index (χ4n) is 3.23. The number of fused-ring (bicyclic) bond motifs is 1. The van der Waals surface area contributed by atoms with Crippen LogP contribution < -0.4 is 5.32 Å². The first kappa shape index (κ1) is 12.5. The second-order valence-electron chi connectivity index (χ2n) is 6.14. The molecule has 0 aromatic carbocycles. The molecule has 2 aromatic heterocycles. The van der Waals surface area contributed by atoms with Gasteiger partial charge in [-0.3, -0.25) is 0 Å². The second kappa shape index (κ2) is 4.51. The number of hydrogen-bond acceptors (Lipinski definition) is 3. The van der Waals surface area contributed by atoms with E-state index in [0.717, 1.165) is 23.4 Å². The molecule has 102 valence electrons. The summed E-state index contributed by atoms with van der Waals surface area (Å²) in [6, 6.07) is 2.14. The summed E-state index contributed by atoms with van der Waals surface area (Å²) in [6.07, 6.45) is 8.33. The normalized spacial score (nSPS) is 18.1. The minimum Gasteiger partial charge on any atom is -0.373 e. The van der Waals surface area contributed by atoms with E-state index >= 15 is 0 Å². The molecule has 1 N–H and O–H groups in total. The van der Waals surface area contributed by atoms with Crippen molar-refractivity contribution in [2.45, 2.75) is 46.0 Å². The van der Waals surface area contributed by atoms with Crippen molar-refractivity contribution < 1.29 is 0 Å². The lowest BCUT2D eigenvalue weighted by Gasteiger charge is -2.23. The first-order valence-electron chi connectivity index (χ1n) is 7.13. The topological polar surface area (TPSA) is 42.2 Å². The summed E-state index contributed by atoms with van der Waals surface area (Å²) in [7, 11) is 1.94. The summed E-state index contributed by atoms with van der Waals surface area (Å²) in [5.74, 6) is 1.02. The van der Waals surface area contributed by atoms with Crippen molar-refractivity contribution in [1.29, 1.82) is 0 Å². The molecular weight excluding hydrogens is 236 g/mol. The van der Waals surface area contributed by atoms with Gasteiger partial charge in [0.05, 0.1) is 6.20 Å². The van der Waals surface area contributed by atoms with Crippen LogP contribution in [0.15, 0.2) is 12.3 Å². The maximum Gasteiger partial charge on any atom is 0.160 e. The zero-order chi connectivity index (χ0) is 13.5. The van der Waals surface area contributed by atoms with Gasteiger partial charge in [0.15, 0.2) is 5.65 Å². The van der Waals surface area contributed by atoms with Crippen molar-refractivity contribution in [2.75, 3.05) is 12.4 Å². The molecule has 0 aliphatic heterocycles. The van der Waals surface area contributed by atoms with E-state index in [9.17, 15) is 0 Å². The van der Waals surface area contributed by atoms with Crippen LogP contribution in [0.1, 0.15) is 43.9 Å². The highest BCUT2D eigenvalue weighted by molar-refractivity contribution is 5.53. The van der Waals surface area contributed by atoms with Crippen molar-refractivity contribution in [3.8, 4) is 0 Å². The smallest absolute Gasteiger partial charge is 0.160 e. The molecule has 3 rings (SSSR count). The van der Waals surface area contributed by atoms with Crippen LogP contribution in [0.2, 0.25) is 0 Å². The molecule has 1 fully saturated rings. The lowest BCUT2D eigenvalue weighted by molar-refractivity contribution is 0.331. The maximum atomic E-state index is 4.81. The van der Waals surface area contributed by atoms with E-state index in [1.807, 2.05) is 17.8 Å². The van der Waals surface area contributed by atoms with Gasteiger partial charge in [-0.15, -0.1) is 0 Å². The van der Waals surface area contributed by atoms with Crippen LogP contribution >= 0.6 is 0 Å². The predicted molar refractivity (Wildman–Crippen MR) is 77.5 cm³/mol. The van der Waals surface area contributed by atoms with Crippen molar-refractivity contribution in [3.05, 3.63) is 23.5 Å². The van der Waals surface area contributed by atoms with Crippen molar-refractivity contribution >= 4 is 11.5 Å². The molecule has 1 aliphatic rings. The Labute approximate surface area is 114 Å². The lowest BCUT2D eigenvalue weighted by Crippen LogP contribution is -2.16. The predicted octanol–water partition coefficient (Wildman–Crippen LogP) is 3.20. The van der Waals surface area contributed by atoms with E-state index in [2.05, 4.69) is 30.3 Å². The molecule has 4 nitrogen and oxygen atoms in total. The largest absolute Gasteiger partial charge is 0.373 e. The third-order valence-electron chi connectivity index (χ3n) is 4.38. The van der Waals surface area contributed by atoms with Gasteiger partial charge in [0, 0.05) is 24.4 Å². The first-order chi connectivity index (χ1) is 9.11. The zero-order valence-electron chi connectivity index (χ0n) is 12.0. The van der Waals surface area contributed by atoms with Crippen LogP contribution in [0.4, 0.5) is 5.82 Å². The Balaban J connectivity index is 2.01. The molecule has 1 aliphatic carbocycles. The Hall–Kier alpha value is -1.58. The molecule has 0 unspecified atom stereocenters. The first-order valence-corrected chi connectivity index (χ1v) is 7.13.